The first-order valence-corrected chi connectivity index (χ1v) is 5.54. The summed E-state index contributed by atoms with van der Waals surface area (Å²) in [5.74, 6) is -4.37. The fourth-order valence-corrected chi connectivity index (χ4v) is 1.95. The molecule has 1 heterocycles. The van der Waals surface area contributed by atoms with Crippen molar-refractivity contribution in [3.05, 3.63) is 22.4 Å². The van der Waals surface area contributed by atoms with Gasteiger partial charge in [-0.25, -0.2) is 0 Å². The van der Waals surface area contributed by atoms with E-state index < -0.39 is 36.7 Å². The van der Waals surface area contributed by atoms with Crippen LogP contribution >= 0.6 is 11.3 Å². The van der Waals surface area contributed by atoms with Gasteiger partial charge in [-0.1, -0.05) is 6.07 Å². The number of carbonyl (C=O) groups is 2. The molecule has 0 saturated heterocycles. The summed E-state index contributed by atoms with van der Waals surface area (Å²) >= 11 is 1.04. The first kappa shape index (κ1) is 13.7. The summed E-state index contributed by atoms with van der Waals surface area (Å²) in [4.78, 5) is 22.0. The number of rotatable bonds is 5. The van der Waals surface area contributed by atoms with Crippen LogP contribution in [-0.4, -0.2) is 23.0 Å². The van der Waals surface area contributed by atoms with Crippen LogP contribution in [-0.2, 0) is 4.79 Å². The molecule has 17 heavy (non-hydrogen) atoms. The monoisotopic (exact) mass is 266 g/mol. The Bertz CT molecular complexity index is 397. The molecule has 0 fully saturated rings. The average molecular weight is 266 g/mol. The molecule has 94 valence electrons. The van der Waals surface area contributed by atoms with Gasteiger partial charge in [0.2, 0.25) is 0 Å². The number of hydrogen-bond donors (Lipinski definition) is 1. The Morgan fingerprint density at radius 1 is 1.35 bits per heavy atom. The Balaban J connectivity index is 2.73. The second kappa shape index (κ2) is 5.31. The topological polar surface area (TPSA) is 54.4 Å². The van der Waals surface area contributed by atoms with Crippen molar-refractivity contribution >= 4 is 23.1 Å². The predicted octanol–water partition coefficient (Wildman–Crippen LogP) is 2.97. The zero-order valence-electron chi connectivity index (χ0n) is 8.53. The lowest BCUT2D eigenvalue weighted by molar-refractivity contribution is -0.181. The van der Waals surface area contributed by atoms with E-state index in [1.165, 1.54) is 6.07 Å². The van der Waals surface area contributed by atoms with E-state index in [4.69, 9.17) is 5.11 Å². The number of hydrogen-bond acceptors (Lipinski definition) is 3. The third kappa shape index (κ3) is 4.18. The van der Waals surface area contributed by atoms with Gasteiger partial charge >= 0.3 is 12.1 Å². The number of thiophene rings is 1. The number of halogens is 3. The second-order valence-electron chi connectivity index (χ2n) is 3.44. The van der Waals surface area contributed by atoms with Gasteiger partial charge < -0.3 is 5.11 Å². The van der Waals surface area contributed by atoms with Crippen LogP contribution in [0.1, 0.15) is 22.5 Å². The van der Waals surface area contributed by atoms with Crippen LogP contribution < -0.4 is 0 Å². The van der Waals surface area contributed by atoms with Crippen LogP contribution in [0.3, 0.4) is 0 Å². The highest BCUT2D eigenvalue weighted by molar-refractivity contribution is 7.12. The Labute approximate surface area is 98.9 Å². The lowest BCUT2D eigenvalue weighted by Crippen LogP contribution is -2.27. The van der Waals surface area contributed by atoms with E-state index in [1.807, 2.05) is 0 Å². The molecule has 1 N–H and O–H groups in total. The molecule has 0 saturated carbocycles. The molecular formula is C10H9F3O3S. The molecule has 0 aliphatic heterocycles. The predicted molar refractivity (Wildman–Crippen MR) is 55.1 cm³/mol. The number of carboxylic acid groups (broad SMARTS) is 1. The number of ketones is 1. The molecule has 0 bridgehead atoms. The molecule has 0 unspecified atom stereocenters. The highest BCUT2D eigenvalue weighted by Gasteiger charge is 2.42. The molecule has 0 aromatic carbocycles. The fourth-order valence-electron chi connectivity index (χ4n) is 1.28. The number of carboxylic acids is 1. The van der Waals surface area contributed by atoms with Gasteiger partial charge in [-0.05, 0) is 11.4 Å². The Morgan fingerprint density at radius 2 is 2.00 bits per heavy atom. The lowest BCUT2D eigenvalue weighted by Gasteiger charge is -2.17. The van der Waals surface area contributed by atoms with Crippen LogP contribution in [0.5, 0.6) is 0 Å². The van der Waals surface area contributed by atoms with Crippen molar-refractivity contribution in [1.29, 1.82) is 0 Å². The van der Waals surface area contributed by atoms with E-state index in [1.54, 1.807) is 11.4 Å². The summed E-state index contributed by atoms with van der Waals surface area (Å²) < 4.78 is 37.4. The van der Waals surface area contributed by atoms with Crippen molar-refractivity contribution in [3.63, 3.8) is 0 Å². The standard InChI is InChI=1S/C10H9F3O3S/c11-10(12,13)6(5-9(15)16)4-7(14)8-2-1-3-17-8/h1-3,6H,4-5H2,(H,15,16)/t6-/m1/s1. The lowest BCUT2D eigenvalue weighted by atomic mass is 9.97. The van der Waals surface area contributed by atoms with Crippen LogP contribution in [0.25, 0.3) is 0 Å². The summed E-state index contributed by atoms with van der Waals surface area (Å²) in [6.45, 7) is 0. The average Bonchev–Trinajstić information content (AvgIpc) is 2.66. The van der Waals surface area contributed by atoms with Gasteiger partial charge in [0.25, 0.3) is 0 Å². The van der Waals surface area contributed by atoms with E-state index in [2.05, 4.69) is 0 Å². The van der Waals surface area contributed by atoms with Crippen molar-refractivity contribution < 1.29 is 27.9 Å². The van der Waals surface area contributed by atoms with Crippen molar-refractivity contribution in [2.75, 3.05) is 0 Å². The SMILES string of the molecule is O=C(O)C[C@@H](CC(=O)c1cccs1)C(F)(F)F. The summed E-state index contributed by atoms with van der Waals surface area (Å²) in [6.07, 6.45) is -6.58. The van der Waals surface area contributed by atoms with Crippen LogP contribution in [0, 0.1) is 5.92 Å². The molecular weight excluding hydrogens is 257 g/mol. The summed E-state index contributed by atoms with van der Waals surface area (Å²) in [7, 11) is 0. The molecule has 3 nitrogen and oxygen atoms in total. The van der Waals surface area contributed by atoms with E-state index >= 15 is 0 Å². The molecule has 0 spiro atoms. The maximum Gasteiger partial charge on any atom is 0.392 e. The molecule has 1 aromatic heterocycles. The molecule has 7 heteroatoms. The largest absolute Gasteiger partial charge is 0.481 e. The zero-order valence-corrected chi connectivity index (χ0v) is 9.35. The second-order valence-corrected chi connectivity index (χ2v) is 4.39. The van der Waals surface area contributed by atoms with Gasteiger partial charge in [-0.15, -0.1) is 11.3 Å². The Morgan fingerprint density at radius 3 is 2.41 bits per heavy atom. The van der Waals surface area contributed by atoms with Crippen LogP contribution in [0.15, 0.2) is 17.5 Å². The highest BCUT2D eigenvalue weighted by Crippen LogP contribution is 2.32. The highest BCUT2D eigenvalue weighted by atomic mass is 32.1. The van der Waals surface area contributed by atoms with Crippen LogP contribution in [0.2, 0.25) is 0 Å². The summed E-state index contributed by atoms with van der Waals surface area (Å²) in [5.41, 5.74) is 0. The third-order valence-electron chi connectivity index (χ3n) is 2.11. The molecule has 1 rings (SSSR count). The zero-order chi connectivity index (χ0) is 13.1. The van der Waals surface area contributed by atoms with E-state index in [-0.39, 0.29) is 4.88 Å². The van der Waals surface area contributed by atoms with Gasteiger partial charge in [0.1, 0.15) is 0 Å². The number of Topliss-reactive ketones (excluding diaryl/α,β-unsaturated/α-hetero) is 1. The maximum atomic E-state index is 12.5. The summed E-state index contributed by atoms with van der Waals surface area (Å²) in [6, 6.07) is 2.97. The van der Waals surface area contributed by atoms with Gasteiger partial charge in [-0.2, -0.15) is 13.2 Å². The Kier molecular flexibility index (Phi) is 4.28. The quantitative estimate of drug-likeness (QED) is 0.833. The van der Waals surface area contributed by atoms with Gasteiger partial charge in [-0.3, -0.25) is 9.59 Å². The molecule has 0 amide bonds. The fraction of sp³-hybridized carbons (Fsp3) is 0.400. The number of alkyl halides is 3. The Hall–Kier alpha value is -1.37. The number of carbonyl (C=O) groups excluding carboxylic acids is 1. The van der Waals surface area contributed by atoms with Gasteiger partial charge in [0.05, 0.1) is 17.2 Å². The smallest absolute Gasteiger partial charge is 0.392 e. The molecule has 1 aromatic rings. The van der Waals surface area contributed by atoms with Gasteiger partial charge in [0, 0.05) is 6.42 Å². The first-order chi connectivity index (χ1) is 7.80. The van der Waals surface area contributed by atoms with Crippen molar-refractivity contribution in [1.82, 2.24) is 0 Å². The molecule has 1 atom stereocenters. The van der Waals surface area contributed by atoms with Crippen molar-refractivity contribution in [2.45, 2.75) is 19.0 Å². The summed E-state index contributed by atoms with van der Waals surface area (Å²) in [5, 5.41) is 9.96. The van der Waals surface area contributed by atoms with Crippen molar-refractivity contribution in [3.8, 4) is 0 Å². The molecule has 0 radical (unpaired) electrons. The third-order valence-corrected chi connectivity index (χ3v) is 3.02. The minimum Gasteiger partial charge on any atom is -0.481 e. The van der Waals surface area contributed by atoms with Gasteiger partial charge in [0.15, 0.2) is 5.78 Å². The van der Waals surface area contributed by atoms with E-state index in [0.717, 1.165) is 11.3 Å². The molecule has 0 aliphatic carbocycles. The molecule has 0 aliphatic rings. The first-order valence-electron chi connectivity index (χ1n) is 4.66. The maximum absolute atomic E-state index is 12.5. The van der Waals surface area contributed by atoms with E-state index in [0.29, 0.717) is 0 Å². The van der Waals surface area contributed by atoms with Crippen molar-refractivity contribution in [2.24, 2.45) is 5.92 Å². The minimum atomic E-state index is -4.68. The van der Waals surface area contributed by atoms with E-state index in [9.17, 15) is 22.8 Å². The number of aliphatic carboxylic acids is 1. The minimum absolute atomic E-state index is 0.213. The normalized spacial score (nSPS) is 13.4. The van der Waals surface area contributed by atoms with Crippen LogP contribution in [0.4, 0.5) is 13.2 Å².